The van der Waals surface area contributed by atoms with Crippen molar-refractivity contribution < 1.29 is 14.3 Å². The van der Waals surface area contributed by atoms with Crippen LogP contribution < -0.4 is 4.74 Å². The molecule has 0 N–H and O–H groups in total. The fourth-order valence-corrected chi connectivity index (χ4v) is 5.02. The van der Waals surface area contributed by atoms with Crippen molar-refractivity contribution in [3.63, 3.8) is 0 Å². The van der Waals surface area contributed by atoms with Crippen molar-refractivity contribution in [3.05, 3.63) is 65.7 Å². The summed E-state index contributed by atoms with van der Waals surface area (Å²) in [5.41, 5.74) is 2.03. The Bertz CT molecular complexity index is 841. The van der Waals surface area contributed by atoms with Gasteiger partial charge in [0, 0.05) is 18.9 Å². The molecule has 1 aliphatic heterocycles. The zero-order valence-electron chi connectivity index (χ0n) is 17.0. The van der Waals surface area contributed by atoms with E-state index in [-0.39, 0.29) is 24.5 Å². The van der Waals surface area contributed by atoms with E-state index in [1.807, 2.05) is 54.6 Å². The molecule has 0 aliphatic carbocycles. The van der Waals surface area contributed by atoms with Gasteiger partial charge < -0.3 is 9.47 Å². The third-order valence-corrected chi connectivity index (χ3v) is 6.57. The summed E-state index contributed by atoms with van der Waals surface area (Å²) >= 11 is 7.01. The summed E-state index contributed by atoms with van der Waals surface area (Å²) in [6.45, 7) is 4.75. The van der Waals surface area contributed by atoms with Gasteiger partial charge in [-0.05, 0) is 29.2 Å². The molecule has 1 aliphatic rings. The van der Waals surface area contributed by atoms with Gasteiger partial charge in [0.1, 0.15) is 16.7 Å². The van der Waals surface area contributed by atoms with E-state index in [1.165, 1.54) is 0 Å². The topological polar surface area (TPSA) is 38.8 Å². The van der Waals surface area contributed by atoms with E-state index < -0.39 is 0 Å². The fourth-order valence-electron chi connectivity index (χ4n) is 3.35. The highest BCUT2D eigenvalue weighted by Gasteiger charge is 2.36. The Morgan fingerprint density at radius 3 is 2.66 bits per heavy atom. The van der Waals surface area contributed by atoms with Crippen LogP contribution in [-0.4, -0.2) is 34.0 Å². The van der Waals surface area contributed by atoms with E-state index in [2.05, 4.69) is 13.8 Å². The fraction of sp³-hybridized carbons (Fsp3) is 0.391. The molecule has 0 radical (unpaired) electrons. The molecular weight excluding hydrogens is 402 g/mol. The standard InChI is InChI=1S/C23H27NO3S2/c1-16(2)20-15-29-23(28)24(20)22(25)13-21(26-3)18-10-7-11-19(12-18)27-14-17-8-5-4-6-9-17/h4-12,16,20-21H,13-15H2,1-3H3/t20-,21+/m1/s1. The van der Waals surface area contributed by atoms with Crippen molar-refractivity contribution in [3.8, 4) is 5.75 Å². The lowest BCUT2D eigenvalue weighted by atomic mass is 10.0. The summed E-state index contributed by atoms with van der Waals surface area (Å²) in [5.74, 6) is 2.00. The van der Waals surface area contributed by atoms with Gasteiger partial charge in [-0.3, -0.25) is 9.69 Å². The number of amides is 1. The van der Waals surface area contributed by atoms with E-state index >= 15 is 0 Å². The van der Waals surface area contributed by atoms with E-state index in [0.29, 0.717) is 16.8 Å². The first-order chi connectivity index (χ1) is 14.0. The third kappa shape index (κ3) is 5.59. The summed E-state index contributed by atoms with van der Waals surface area (Å²) in [7, 11) is 1.63. The van der Waals surface area contributed by atoms with Crippen molar-refractivity contribution in [2.45, 2.75) is 39.0 Å². The molecule has 0 spiro atoms. The van der Waals surface area contributed by atoms with Crippen molar-refractivity contribution >= 4 is 34.2 Å². The highest BCUT2D eigenvalue weighted by atomic mass is 32.2. The summed E-state index contributed by atoms with van der Waals surface area (Å²) < 4.78 is 12.3. The molecule has 6 heteroatoms. The molecule has 4 nitrogen and oxygen atoms in total. The van der Waals surface area contributed by atoms with E-state index in [9.17, 15) is 4.79 Å². The second-order valence-electron chi connectivity index (χ2n) is 7.43. The highest BCUT2D eigenvalue weighted by molar-refractivity contribution is 8.23. The van der Waals surface area contributed by atoms with Gasteiger partial charge in [-0.25, -0.2) is 0 Å². The molecule has 2 aromatic carbocycles. The normalized spacial score (nSPS) is 17.6. The number of carbonyl (C=O) groups excluding carboxylic acids is 1. The Morgan fingerprint density at radius 1 is 1.21 bits per heavy atom. The summed E-state index contributed by atoms with van der Waals surface area (Å²) in [6.07, 6.45) is -0.0910. The molecule has 154 valence electrons. The number of hydrogen-bond donors (Lipinski definition) is 0. The number of methoxy groups -OCH3 is 1. The van der Waals surface area contributed by atoms with Crippen LogP contribution >= 0.6 is 24.0 Å². The summed E-state index contributed by atoms with van der Waals surface area (Å²) in [4.78, 5) is 14.8. The number of nitrogens with zero attached hydrogens (tertiary/aromatic N) is 1. The van der Waals surface area contributed by atoms with Crippen molar-refractivity contribution in [1.82, 2.24) is 4.90 Å². The predicted molar refractivity (Wildman–Crippen MR) is 122 cm³/mol. The molecule has 3 rings (SSSR count). The monoisotopic (exact) mass is 429 g/mol. The van der Waals surface area contributed by atoms with Crippen molar-refractivity contribution in [2.75, 3.05) is 12.9 Å². The second-order valence-corrected chi connectivity index (χ2v) is 9.08. The lowest BCUT2D eigenvalue weighted by molar-refractivity contribution is -0.131. The smallest absolute Gasteiger partial charge is 0.231 e. The molecule has 2 atom stereocenters. The maximum absolute atomic E-state index is 13.0. The Balaban J connectivity index is 1.68. The number of rotatable bonds is 8. The van der Waals surface area contributed by atoms with Crippen LogP contribution in [-0.2, 0) is 16.1 Å². The van der Waals surface area contributed by atoms with Gasteiger partial charge in [0.15, 0.2) is 0 Å². The van der Waals surface area contributed by atoms with Gasteiger partial charge in [0.2, 0.25) is 5.91 Å². The van der Waals surface area contributed by atoms with Gasteiger partial charge in [0.25, 0.3) is 0 Å². The Labute approximate surface area is 182 Å². The van der Waals surface area contributed by atoms with Crippen LogP contribution in [0.3, 0.4) is 0 Å². The van der Waals surface area contributed by atoms with E-state index in [1.54, 1.807) is 23.8 Å². The minimum atomic E-state index is -0.344. The maximum Gasteiger partial charge on any atom is 0.231 e. The Kier molecular flexibility index (Phi) is 7.70. The zero-order valence-corrected chi connectivity index (χ0v) is 18.7. The maximum atomic E-state index is 13.0. The highest BCUT2D eigenvalue weighted by Crippen LogP contribution is 2.32. The summed E-state index contributed by atoms with van der Waals surface area (Å²) in [5, 5.41) is 0. The van der Waals surface area contributed by atoms with Crippen molar-refractivity contribution in [2.24, 2.45) is 5.92 Å². The van der Waals surface area contributed by atoms with Gasteiger partial charge >= 0.3 is 0 Å². The minimum absolute atomic E-state index is 0.0150. The third-order valence-electron chi connectivity index (χ3n) is 5.07. The van der Waals surface area contributed by atoms with Crippen LogP contribution in [0.1, 0.15) is 37.5 Å². The zero-order chi connectivity index (χ0) is 20.8. The van der Waals surface area contributed by atoms with Crippen LogP contribution in [0.4, 0.5) is 0 Å². The first-order valence-corrected chi connectivity index (χ1v) is 11.2. The van der Waals surface area contributed by atoms with Gasteiger partial charge in [-0.15, -0.1) is 0 Å². The Morgan fingerprint density at radius 2 is 1.97 bits per heavy atom. The van der Waals surface area contributed by atoms with Gasteiger partial charge in [0.05, 0.1) is 12.5 Å². The number of ether oxygens (including phenoxy) is 2. The van der Waals surface area contributed by atoms with Gasteiger partial charge in [-0.1, -0.05) is 80.3 Å². The van der Waals surface area contributed by atoms with Crippen LogP contribution in [0.25, 0.3) is 0 Å². The number of hydrogen-bond acceptors (Lipinski definition) is 5. The van der Waals surface area contributed by atoms with Crippen LogP contribution in [0.2, 0.25) is 0 Å². The largest absolute Gasteiger partial charge is 0.489 e. The quantitative estimate of drug-likeness (QED) is 0.538. The molecule has 29 heavy (non-hydrogen) atoms. The lowest BCUT2D eigenvalue weighted by Gasteiger charge is -2.28. The average molecular weight is 430 g/mol. The first-order valence-electron chi connectivity index (χ1n) is 9.78. The molecular formula is C23H27NO3S2. The number of benzene rings is 2. The van der Waals surface area contributed by atoms with Crippen LogP contribution in [0, 0.1) is 5.92 Å². The summed E-state index contributed by atoms with van der Waals surface area (Å²) in [6, 6.07) is 17.9. The molecule has 2 aromatic rings. The molecule has 1 amide bonds. The molecule has 1 heterocycles. The molecule has 0 saturated carbocycles. The molecule has 0 aromatic heterocycles. The minimum Gasteiger partial charge on any atom is -0.489 e. The molecule has 0 bridgehead atoms. The SMILES string of the molecule is CO[C@@H](CC(=O)N1C(=S)SC[C@@H]1C(C)C)c1cccc(OCc2ccccc2)c1. The Hall–Kier alpha value is -1.89. The predicted octanol–water partition coefficient (Wildman–Crippen LogP) is 5.23. The average Bonchev–Trinajstić information content (AvgIpc) is 3.13. The van der Waals surface area contributed by atoms with E-state index in [0.717, 1.165) is 22.6 Å². The lowest BCUT2D eigenvalue weighted by Crippen LogP contribution is -2.42. The van der Waals surface area contributed by atoms with Crippen LogP contribution in [0.15, 0.2) is 54.6 Å². The molecule has 1 saturated heterocycles. The number of carbonyl (C=O) groups is 1. The molecule has 0 unspecified atom stereocenters. The van der Waals surface area contributed by atoms with Crippen LogP contribution in [0.5, 0.6) is 5.75 Å². The van der Waals surface area contributed by atoms with Crippen molar-refractivity contribution in [1.29, 1.82) is 0 Å². The molecule has 1 fully saturated rings. The number of thiocarbonyl (C=S) groups is 1. The second kappa shape index (κ2) is 10.2. The van der Waals surface area contributed by atoms with Gasteiger partial charge in [-0.2, -0.15) is 0 Å². The number of thioether (sulfide) groups is 1. The van der Waals surface area contributed by atoms with E-state index in [4.69, 9.17) is 21.7 Å². The first kappa shape index (κ1) is 21.8.